The molecule has 3 heterocycles. The van der Waals surface area contributed by atoms with E-state index in [2.05, 4.69) is 49.6 Å². The number of rotatable bonds is 5. The van der Waals surface area contributed by atoms with Crippen LogP contribution < -0.4 is 15.5 Å². The van der Waals surface area contributed by atoms with Gasteiger partial charge < -0.3 is 15.5 Å². The molecule has 0 unspecified atom stereocenters. The number of piperidine rings is 1. The van der Waals surface area contributed by atoms with Gasteiger partial charge in [-0.05, 0) is 42.5 Å². The Balaban J connectivity index is 0.00000261. The van der Waals surface area contributed by atoms with Crippen molar-refractivity contribution in [2.24, 2.45) is 10.9 Å². The summed E-state index contributed by atoms with van der Waals surface area (Å²) in [6.07, 6.45) is 6.25. The summed E-state index contributed by atoms with van der Waals surface area (Å²) in [5, 5.41) is 6.59. The topological polar surface area (TPSA) is 65.4 Å². The van der Waals surface area contributed by atoms with E-state index in [9.17, 15) is 0 Å². The minimum absolute atomic E-state index is 0. The smallest absolute Gasteiger partial charge is 0.191 e. The summed E-state index contributed by atoms with van der Waals surface area (Å²) in [6.45, 7) is 5.87. The maximum absolute atomic E-state index is 4.64. The largest absolute Gasteiger partial charge is 0.357 e. The van der Waals surface area contributed by atoms with Crippen molar-refractivity contribution in [2.75, 3.05) is 25.0 Å². The minimum Gasteiger partial charge on any atom is -0.357 e. The second-order valence-electron chi connectivity index (χ2n) is 6.79. The van der Waals surface area contributed by atoms with Crippen molar-refractivity contribution < 1.29 is 0 Å². The van der Waals surface area contributed by atoms with Gasteiger partial charge in [0.2, 0.25) is 0 Å². The van der Waals surface area contributed by atoms with Gasteiger partial charge in [-0.25, -0.2) is 4.98 Å². The average molecular weight is 480 g/mol. The number of aliphatic imine (C=N–C) groups is 1. The first kappa shape index (κ1) is 21.4. The molecule has 6 nitrogen and oxygen atoms in total. The molecule has 0 amide bonds. The van der Waals surface area contributed by atoms with Crippen molar-refractivity contribution >= 4 is 35.8 Å². The second-order valence-corrected chi connectivity index (χ2v) is 6.79. The number of nitrogens with zero attached hydrogens (tertiary/aromatic N) is 4. The van der Waals surface area contributed by atoms with E-state index in [1.165, 1.54) is 12.8 Å². The lowest BCUT2D eigenvalue weighted by Crippen LogP contribution is -2.36. The van der Waals surface area contributed by atoms with Crippen LogP contribution in [0.1, 0.15) is 31.0 Å². The van der Waals surface area contributed by atoms with Crippen LogP contribution in [0.3, 0.4) is 0 Å². The Kier molecular flexibility index (Phi) is 8.77. The molecule has 3 rings (SSSR count). The summed E-state index contributed by atoms with van der Waals surface area (Å²) in [4.78, 5) is 15.6. The molecular formula is C20H29IN6. The van der Waals surface area contributed by atoms with E-state index in [0.29, 0.717) is 13.1 Å². The summed E-state index contributed by atoms with van der Waals surface area (Å²) >= 11 is 0. The third-order valence-electron chi connectivity index (χ3n) is 4.76. The van der Waals surface area contributed by atoms with Crippen molar-refractivity contribution in [3.63, 3.8) is 0 Å². The summed E-state index contributed by atoms with van der Waals surface area (Å²) in [5.41, 5.74) is 2.12. The predicted octanol–water partition coefficient (Wildman–Crippen LogP) is 3.20. The van der Waals surface area contributed by atoms with Gasteiger partial charge in [-0.1, -0.05) is 19.1 Å². The lowest BCUT2D eigenvalue weighted by atomic mass is 9.99. The fraction of sp³-hybridized carbons (Fsp3) is 0.450. The molecule has 0 aromatic carbocycles. The molecule has 2 N–H and O–H groups in total. The van der Waals surface area contributed by atoms with E-state index in [0.717, 1.165) is 42.0 Å². The number of hydrogen-bond donors (Lipinski definition) is 2. The highest BCUT2D eigenvalue weighted by atomic mass is 127. The van der Waals surface area contributed by atoms with Gasteiger partial charge in [-0.3, -0.25) is 9.98 Å². The van der Waals surface area contributed by atoms with E-state index in [4.69, 9.17) is 0 Å². The number of nitrogens with one attached hydrogen (secondary N) is 2. The molecular weight excluding hydrogens is 451 g/mol. The van der Waals surface area contributed by atoms with Crippen LogP contribution in [-0.4, -0.2) is 36.1 Å². The van der Waals surface area contributed by atoms with Gasteiger partial charge in [0, 0.05) is 39.1 Å². The summed E-state index contributed by atoms with van der Waals surface area (Å²) in [7, 11) is 1.77. The van der Waals surface area contributed by atoms with Crippen molar-refractivity contribution in [2.45, 2.75) is 32.9 Å². The standard InChI is InChI=1S/C20H28N6.HI/c1-16-8-11-26(12-9-16)19-7-6-17(13-23-19)14-24-20(21-2)25-15-18-5-3-4-10-22-18;/h3-7,10,13,16H,8-9,11-12,14-15H2,1-2H3,(H2,21,24,25);1H. The second kappa shape index (κ2) is 11.1. The van der Waals surface area contributed by atoms with Crippen LogP contribution in [0.15, 0.2) is 47.7 Å². The molecule has 1 aliphatic rings. The molecule has 1 fully saturated rings. The Morgan fingerprint density at radius 2 is 1.89 bits per heavy atom. The molecule has 2 aromatic rings. The first-order valence-electron chi connectivity index (χ1n) is 9.29. The van der Waals surface area contributed by atoms with Crippen molar-refractivity contribution in [1.29, 1.82) is 0 Å². The number of anilines is 1. The molecule has 0 radical (unpaired) electrons. The van der Waals surface area contributed by atoms with E-state index in [-0.39, 0.29) is 24.0 Å². The van der Waals surface area contributed by atoms with E-state index < -0.39 is 0 Å². The van der Waals surface area contributed by atoms with Crippen LogP contribution in [-0.2, 0) is 13.1 Å². The summed E-state index contributed by atoms with van der Waals surface area (Å²) in [5.74, 6) is 2.67. The van der Waals surface area contributed by atoms with Gasteiger partial charge in [-0.15, -0.1) is 24.0 Å². The van der Waals surface area contributed by atoms with Crippen LogP contribution >= 0.6 is 24.0 Å². The first-order chi connectivity index (χ1) is 12.7. The highest BCUT2D eigenvalue weighted by Gasteiger charge is 2.16. The fourth-order valence-corrected chi connectivity index (χ4v) is 3.03. The van der Waals surface area contributed by atoms with Gasteiger partial charge in [0.05, 0.1) is 12.2 Å². The zero-order valence-corrected chi connectivity index (χ0v) is 18.4. The summed E-state index contributed by atoms with van der Waals surface area (Å²) < 4.78 is 0. The first-order valence-corrected chi connectivity index (χ1v) is 9.29. The van der Waals surface area contributed by atoms with Crippen LogP contribution in [0.5, 0.6) is 0 Å². The van der Waals surface area contributed by atoms with Gasteiger partial charge in [0.15, 0.2) is 5.96 Å². The lowest BCUT2D eigenvalue weighted by molar-refractivity contribution is 0.436. The molecule has 0 aliphatic carbocycles. The monoisotopic (exact) mass is 480 g/mol. The maximum Gasteiger partial charge on any atom is 0.191 e. The van der Waals surface area contributed by atoms with Crippen molar-refractivity contribution in [1.82, 2.24) is 20.6 Å². The van der Waals surface area contributed by atoms with Gasteiger partial charge in [-0.2, -0.15) is 0 Å². The number of halogens is 1. The Labute approximate surface area is 178 Å². The molecule has 7 heteroatoms. The molecule has 146 valence electrons. The molecule has 27 heavy (non-hydrogen) atoms. The van der Waals surface area contributed by atoms with Gasteiger partial charge >= 0.3 is 0 Å². The average Bonchev–Trinajstić information content (AvgIpc) is 2.70. The van der Waals surface area contributed by atoms with E-state index in [1.807, 2.05) is 24.4 Å². The van der Waals surface area contributed by atoms with E-state index >= 15 is 0 Å². The Bertz CT molecular complexity index is 696. The number of hydrogen-bond acceptors (Lipinski definition) is 4. The molecule has 0 bridgehead atoms. The van der Waals surface area contributed by atoms with Crippen LogP contribution in [0.2, 0.25) is 0 Å². The number of guanidine groups is 1. The molecule has 1 saturated heterocycles. The Hall–Kier alpha value is -1.90. The molecule has 0 atom stereocenters. The van der Waals surface area contributed by atoms with Crippen LogP contribution in [0.25, 0.3) is 0 Å². The van der Waals surface area contributed by atoms with Crippen LogP contribution in [0, 0.1) is 5.92 Å². The number of aromatic nitrogens is 2. The van der Waals surface area contributed by atoms with Gasteiger partial charge in [0.25, 0.3) is 0 Å². The summed E-state index contributed by atoms with van der Waals surface area (Å²) in [6, 6.07) is 10.1. The molecule has 0 spiro atoms. The molecule has 2 aromatic heterocycles. The quantitative estimate of drug-likeness (QED) is 0.391. The third kappa shape index (κ3) is 6.64. The SMILES string of the molecule is CN=C(NCc1ccc(N2CCC(C)CC2)nc1)NCc1ccccn1.I. The lowest BCUT2D eigenvalue weighted by Gasteiger charge is -2.31. The van der Waals surface area contributed by atoms with Gasteiger partial charge in [0.1, 0.15) is 5.82 Å². The van der Waals surface area contributed by atoms with Crippen LogP contribution in [0.4, 0.5) is 5.82 Å². The zero-order valence-electron chi connectivity index (χ0n) is 16.1. The zero-order chi connectivity index (χ0) is 18.2. The number of pyridine rings is 2. The highest BCUT2D eigenvalue weighted by molar-refractivity contribution is 14.0. The Morgan fingerprint density at radius 3 is 2.52 bits per heavy atom. The van der Waals surface area contributed by atoms with Crippen molar-refractivity contribution in [3.05, 3.63) is 54.0 Å². The minimum atomic E-state index is 0. The Morgan fingerprint density at radius 1 is 1.11 bits per heavy atom. The van der Waals surface area contributed by atoms with Crippen molar-refractivity contribution in [3.8, 4) is 0 Å². The predicted molar refractivity (Wildman–Crippen MR) is 122 cm³/mol. The highest BCUT2D eigenvalue weighted by Crippen LogP contribution is 2.21. The molecule has 0 saturated carbocycles. The fourth-order valence-electron chi connectivity index (χ4n) is 3.03. The normalized spacial score (nSPS) is 15.2. The van der Waals surface area contributed by atoms with E-state index in [1.54, 1.807) is 13.2 Å². The molecule has 1 aliphatic heterocycles. The third-order valence-corrected chi connectivity index (χ3v) is 4.76. The maximum atomic E-state index is 4.64.